The molecule has 0 saturated heterocycles. The van der Waals surface area contributed by atoms with Crippen LogP contribution in [0.5, 0.6) is 0 Å². The minimum atomic E-state index is -0.936. The summed E-state index contributed by atoms with van der Waals surface area (Å²) in [6, 6.07) is 15.7. The summed E-state index contributed by atoms with van der Waals surface area (Å²) in [5, 5.41) is 6.16. The highest BCUT2D eigenvalue weighted by molar-refractivity contribution is 8.76. The topological polar surface area (TPSA) is 129 Å². The summed E-state index contributed by atoms with van der Waals surface area (Å²) in [5.41, 5.74) is 11.5. The van der Waals surface area contributed by atoms with Crippen LogP contribution in [0.25, 0.3) is 0 Å². The Labute approximate surface area is 257 Å². The predicted molar refractivity (Wildman–Crippen MR) is 165 cm³/mol. The van der Waals surface area contributed by atoms with Gasteiger partial charge in [0.05, 0.1) is 69.5 Å². The maximum atomic E-state index is 15.6. The number of methoxy groups -OCH3 is 2. The second-order valence-corrected chi connectivity index (χ2v) is 11.4. The van der Waals surface area contributed by atoms with E-state index < -0.39 is 23.6 Å². The van der Waals surface area contributed by atoms with Crippen molar-refractivity contribution in [2.75, 3.05) is 36.3 Å². The number of anilines is 6. The van der Waals surface area contributed by atoms with E-state index in [0.717, 1.165) is 35.8 Å². The van der Waals surface area contributed by atoms with Crippen molar-refractivity contribution in [1.82, 2.24) is 0 Å². The summed E-state index contributed by atoms with van der Waals surface area (Å²) >= 11 is 12.4. The number of esters is 2. The molecule has 0 bridgehead atoms. The number of hydrogen-bond donors (Lipinski definition) is 4. The molecule has 0 aliphatic heterocycles. The number of carbonyl (C=O) groups is 2. The highest BCUT2D eigenvalue weighted by atomic mass is 35.5. The van der Waals surface area contributed by atoms with Crippen molar-refractivity contribution in [3.63, 3.8) is 0 Å². The van der Waals surface area contributed by atoms with E-state index in [2.05, 4.69) is 10.6 Å². The normalized spacial score (nSPS) is 10.7. The molecule has 0 aliphatic rings. The molecular weight excluding hydrogens is 629 g/mol. The van der Waals surface area contributed by atoms with Gasteiger partial charge in [0.2, 0.25) is 0 Å². The molecule has 0 amide bonds. The fraction of sp³-hybridized carbons (Fsp3) is 0.0714. The zero-order valence-electron chi connectivity index (χ0n) is 21.9. The van der Waals surface area contributed by atoms with Crippen molar-refractivity contribution in [2.24, 2.45) is 0 Å². The molecule has 218 valence electrons. The van der Waals surface area contributed by atoms with Crippen LogP contribution in [-0.2, 0) is 9.47 Å². The summed E-state index contributed by atoms with van der Waals surface area (Å²) in [6.45, 7) is 0. The molecule has 14 heteroatoms. The highest BCUT2D eigenvalue weighted by Crippen LogP contribution is 2.47. The van der Waals surface area contributed by atoms with Gasteiger partial charge in [-0.15, -0.1) is 0 Å². The fourth-order valence-corrected chi connectivity index (χ4v) is 6.29. The standard InChI is InChI=1S/C28H22Cl2F2N4O4S2/c1-39-27(37)13-11-19(23(33)21(31)25(13)35-17-9-5-3-7-15(17)29)41-42-20-12-14(28(38)40-2)26(22(32)24(20)34)36-18-10-6-4-8-16(18)30/h3-12,35-36H,33-34H2,1-2H3. The predicted octanol–water partition coefficient (Wildman–Crippen LogP) is 8.30. The lowest BCUT2D eigenvalue weighted by atomic mass is 10.1. The molecule has 0 radical (unpaired) electrons. The van der Waals surface area contributed by atoms with Crippen LogP contribution in [0.2, 0.25) is 10.0 Å². The second-order valence-electron chi connectivity index (χ2n) is 8.41. The first-order chi connectivity index (χ1) is 20.1. The summed E-state index contributed by atoms with van der Waals surface area (Å²) in [7, 11) is 4.07. The SMILES string of the molecule is COC(=O)c1cc(SSc2cc(C(=O)OC)c(Nc3ccccc3Cl)c(F)c2N)c(N)c(F)c1Nc1ccccc1Cl. The third-order valence-corrected chi connectivity index (χ3v) is 8.94. The third kappa shape index (κ3) is 6.46. The number of nitrogen functional groups attached to an aromatic ring is 2. The van der Waals surface area contributed by atoms with E-state index >= 15 is 8.78 Å². The van der Waals surface area contributed by atoms with Gasteiger partial charge < -0.3 is 31.6 Å². The van der Waals surface area contributed by atoms with E-state index in [0.29, 0.717) is 11.4 Å². The van der Waals surface area contributed by atoms with Crippen LogP contribution < -0.4 is 22.1 Å². The second kappa shape index (κ2) is 13.4. The molecule has 0 unspecified atom stereocenters. The summed E-state index contributed by atoms with van der Waals surface area (Å²) < 4.78 is 40.9. The number of para-hydroxylation sites is 2. The Morgan fingerprint density at radius 1 is 0.714 bits per heavy atom. The minimum absolute atomic E-state index is 0.111. The van der Waals surface area contributed by atoms with Crippen molar-refractivity contribution in [3.05, 3.63) is 93.5 Å². The number of hydrogen-bond acceptors (Lipinski definition) is 10. The first-order valence-electron chi connectivity index (χ1n) is 11.9. The lowest BCUT2D eigenvalue weighted by Gasteiger charge is -2.18. The molecule has 4 aromatic carbocycles. The molecule has 0 spiro atoms. The van der Waals surface area contributed by atoms with Gasteiger partial charge in [0.15, 0.2) is 11.6 Å². The molecule has 4 rings (SSSR count). The first-order valence-corrected chi connectivity index (χ1v) is 14.8. The van der Waals surface area contributed by atoms with Crippen LogP contribution >= 0.6 is 44.8 Å². The molecule has 0 aromatic heterocycles. The number of ether oxygens (including phenoxy) is 2. The smallest absolute Gasteiger partial charge is 0.340 e. The average molecular weight is 652 g/mol. The van der Waals surface area contributed by atoms with Gasteiger partial charge in [-0.1, -0.05) is 69.1 Å². The van der Waals surface area contributed by atoms with Crippen molar-refractivity contribution in [3.8, 4) is 0 Å². The lowest BCUT2D eigenvalue weighted by molar-refractivity contribution is 0.0592. The molecule has 8 nitrogen and oxygen atoms in total. The Morgan fingerprint density at radius 3 is 1.40 bits per heavy atom. The highest BCUT2D eigenvalue weighted by Gasteiger charge is 2.26. The van der Waals surface area contributed by atoms with E-state index in [9.17, 15) is 9.59 Å². The zero-order valence-corrected chi connectivity index (χ0v) is 25.0. The maximum Gasteiger partial charge on any atom is 0.340 e. The van der Waals surface area contributed by atoms with E-state index in [-0.39, 0.29) is 53.7 Å². The third-order valence-electron chi connectivity index (χ3n) is 5.83. The molecule has 0 fully saturated rings. The largest absolute Gasteiger partial charge is 0.465 e. The molecule has 6 N–H and O–H groups in total. The zero-order chi connectivity index (χ0) is 30.6. The van der Waals surface area contributed by atoms with Gasteiger partial charge in [-0.2, -0.15) is 0 Å². The Morgan fingerprint density at radius 2 is 1.07 bits per heavy atom. The lowest BCUT2D eigenvalue weighted by Crippen LogP contribution is -2.11. The Bertz CT molecular complexity index is 1570. The summed E-state index contributed by atoms with van der Waals surface area (Å²) in [4.78, 5) is 25.4. The molecular formula is C28H22Cl2F2N4O4S2. The van der Waals surface area contributed by atoms with E-state index in [1.165, 1.54) is 12.1 Å². The van der Waals surface area contributed by atoms with Crippen LogP contribution in [0.3, 0.4) is 0 Å². The monoisotopic (exact) mass is 650 g/mol. The van der Waals surface area contributed by atoms with Crippen LogP contribution in [0.15, 0.2) is 70.5 Å². The van der Waals surface area contributed by atoms with Gasteiger partial charge in [0.25, 0.3) is 0 Å². The molecule has 0 aliphatic carbocycles. The number of nitrogens with one attached hydrogen (secondary N) is 2. The quantitative estimate of drug-likeness (QED) is 0.0797. The Hall–Kier alpha value is -3.84. The molecule has 0 saturated carbocycles. The van der Waals surface area contributed by atoms with Crippen molar-refractivity contribution < 1.29 is 27.8 Å². The number of benzene rings is 4. The molecule has 0 atom stereocenters. The van der Waals surface area contributed by atoms with Gasteiger partial charge in [0, 0.05) is 9.79 Å². The van der Waals surface area contributed by atoms with E-state index in [1.54, 1.807) is 48.5 Å². The van der Waals surface area contributed by atoms with Gasteiger partial charge in [-0.3, -0.25) is 0 Å². The molecule has 42 heavy (non-hydrogen) atoms. The summed E-state index contributed by atoms with van der Waals surface area (Å²) in [5.74, 6) is -3.56. The van der Waals surface area contributed by atoms with Gasteiger partial charge in [-0.25, -0.2) is 18.4 Å². The van der Waals surface area contributed by atoms with Gasteiger partial charge in [-0.05, 0) is 36.4 Å². The van der Waals surface area contributed by atoms with Crippen LogP contribution in [0, 0.1) is 11.6 Å². The number of rotatable bonds is 9. The number of nitrogens with two attached hydrogens (primary N) is 2. The molecule has 4 aromatic rings. The summed E-state index contributed by atoms with van der Waals surface area (Å²) in [6.07, 6.45) is 0. The maximum absolute atomic E-state index is 15.6. The van der Waals surface area contributed by atoms with Crippen LogP contribution in [-0.4, -0.2) is 26.2 Å². The van der Waals surface area contributed by atoms with E-state index in [4.69, 9.17) is 44.1 Å². The fourth-order valence-electron chi connectivity index (χ4n) is 3.69. The molecule has 0 heterocycles. The minimum Gasteiger partial charge on any atom is -0.465 e. The first kappa shape index (κ1) is 31.1. The Balaban J connectivity index is 1.72. The van der Waals surface area contributed by atoms with Crippen molar-refractivity contribution in [2.45, 2.75) is 9.79 Å². The van der Waals surface area contributed by atoms with Crippen molar-refractivity contribution >= 4 is 90.9 Å². The van der Waals surface area contributed by atoms with Gasteiger partial charge in [0.1, 0.15) is 0 Å². The van der Waals surface area contributed by atoms with Crippen molar-refractivity contribution in [1.29, 1.82) is 0 Å². The Kier molecular flexibility index (Phi) is 9.94. The average Bonchev–Trinajstić information content (AvgIpc) is 2.99. The van der Waals surface area contributed by atoms with Gasteiger partial charge >= 0.3 is 11.9 Å². The number of carbonyl (C=O) groups excluding carboxylic acids is 2. The van der Waals surface area contributed by atoms with Crippen LogP contribution in [0.4, 0.5) is 42.9 Å². The van der Waals surface area contributed by atoms with E-state index in [1.807, 2.05) is 0 Å². The number of halogens is 4. The van der Waals surface area contributed by atoms with Crippen LogP contribution in [0.1, 0.15) is 20.7 Å².